The molecule has 0 radical (unpaired) electrons. The summed E-state index contributed by atoms with van der Waals surface area (Å²) in [4.78, 5) is 28.0. The first-order chi connectivity index (χ1) is 15.9. The van der Waals surface area contributed by atoms with Gasteiger partial charge in [-0.15, -0.1) is 11.8 Å². The van der Waals surface area contributed by atoms with Crippen LogP contribution in [0.25, 0.3) is 0 Å². The third-order valence-electron chi connectivity index (χ3n) is 5.85. The van der Waals surface area contributed by atoms with Gasteiger partial charge in [0.2, 0.25) is 21.8 Å². The normalized spacial score (nSPS) is 18.4. The van der Waals surface area contributed by atoms with Gasteiger partial charge in [-0.05, 0) is 37.1 Å². The number of fused-ring (bicyclic) bond motifs is 1. The fraction of sp³-hybridized carbons (Fsp3) is 0.391. The monoisotopic (exact) mass is 489 g/mol. The van der Waals surface area contributed by atoms with Gasteiger partial charge in [-0.25, -0.2) is 13.1 Å². The van der Waals surface area contributed by atoms with E-state index in [0.717, 1.165) is 30.8 Å². The lowest BCUT2D eigenvalue weighted by molar-refractivity contribution is -0.133. The van der Waals surface area contributed by atoms with E-state index < -0.39 is 15.9 Å². The molecule has 0 spiro atoms. The highest BCUT2D eigenvalue weighted by molar-refractivity contribution is 7.99. The van der Waals surface area contributed by atoms with E-state index in [1.807, 2.05) is 17.0 Å². The number of para-hydroxylation sites is 1. The third-order valence-corrected chi connectivity index (χ3v) is 8.49. The van der Waals surface area contributed by atoms with Crippen LogP contribution in [-0.2, 0) is 26.2 Å². The molecule has 4 rings (SSSR count). The van der Waals surface area contributed by atoms with Crippen LogP contribution in [0.15, 0.2) is 52.3 Å². The molecule has 176 valence electrons. The Morgan fingerprint density at radius 3 is 2.73 bits per heavy atom. The molecule has 1 atom stereocenters. The standard InChI is InChI=1S/C23H27N3O5S2/c1-31-20-7-3-2-6-16(20)14-24-33(29,30)18-8-9-21-19(13-18)25-23(28)17(15-32-21)12-22(27)26-10-4-5-11-26/h2-3,6-9,13,17,24H,4-5,10-12,14-15H2,1H3,(H,25,28). The van der Waals surface area contributed by atoms with Crippen molar-refractivity contribution in [3.05, 3.63) is 48.0 Å². The smallest absolute Gasteiger partial charge is 0.240 e. The van der Waals surface area contributed by atoms with Crippen molar-refractivity contribution in [3.63, 3.8) is 0 Å². The molecule has 10 heteroatoms. The van der Waals surface area contributed by atoms with Crippen LogP contribution in [-0.4, -0.2) is 51.1 Å². The Kier molecular flexibility index (Phi) is 7.26. The number of carbonyl (C=O) groups excluding carboxylic acids is 2. The van der Waals surface area contributed by atoms with Gasteiger partial charge in [0.25, 0.3) is 0 Å². The lowest BCUT2D eigenvalue weighted by Gasteiger charge is -2.18. The van der Waals surface area contributed by atoms with Gasteiger partial charge < -0.3 is 15.0 Å². The van der Waals surface area contributed by atoms with E-state index in [2.05, 4.69) is 10.0 Å². The Balaban J connectivity index is 1.45. The van der Waals surface area contributed by atoms with Crippen molar-refractivity contribution >= 4 is 39.3 Å². The van der Waals surface area contributed by atoms with E-state index in [1.54, 1.807) is 18.2 Å². The number of thioether (sulfide) groups is 1. The number of nitrogens with one attached hydrogen (secondary N) is 2. The molecule has 2 N–H and O–H groups in total. The summed E-state index contributed by atoms with van der Waals surface area (Å²) in [5, 5.41) is 2.83. The van der Waals surface area contributed by atoms with E-state index in [1.165, 1.54) is 31.0 Å². The number of amides is 2. The summed E-state index contributed by atoms with van der Waals surface area (Å²) in [6, 6.07) is 11.9. The average Bonchev–Trinajstić information content (AvgIpc) is 3.31. The maximum absolute atomic E-state index is 12.9. The van der Waals surface area contributed by atoms with E-state index in [4.69, 9.17) is 4.74 Å². The summed E-state index contributed by atoms with van der Waals surface area (Å²) in [5.41, 5.74) is 1.16. The first kappa shape index (κ1) is 23.6. The topological polar surface area (TPSA) is 105 Å². The number of nitrogens with zero attached hydrogens (tertiary/aromatic N) is 1. The second-order valence-corrected chi connectivity index (χ2v) is 10.9. The van der Waals surface area contributed by atoms with Crippen molar-refractivity contribution < 1.29 is 22.7 Å². The minimum atomic E-state index is -3.82. The fourth-order valence-corrected chi connectivity index (χ4v) is 6.08. The van der Waals surface area contributed by atoms with Crippen LogP contribution in [0.2, 0.25) is 0 Å². The summed E-state index contributed by atoms with van der Waals surface area (Å²) in [6.07, 6.45) is 2.18. The zero-order valence-electron chi connectivity index (χ0n) is 18.4. The van der Waals surface area contributed by atoms with Crippen LogP contribution in [0, 0.1) is 5.92 Å². The first-order valence-electron chi connectivity index (χ1n) is 10.8. The Morgan fingerprint density at radius 1 is 1.21 bits per heavy atom. The van der Waals surface area contributed by atoms with Gasteiger partial charge in [0.15, 0.2) is 0 Å². The Labute approximate surface area is 198 Å². The highest BCUT2D eigenvalue weighted by atomic mass is 32.2. The van der Waals surface area contributed by atoms with E-state index in [0.29, 0.717) is 22.8 Å². The molecule has 0 aromatic heterocycles. The van der Waals surface area contributed by atoms with E-state index in [9.17, 15) is 18.0 Å². The Morgan fingerprint density at radius 2 is 1.97 bits per heavy atom. The predicted octanol–water partition coefficient (Wildman–Crippen LogP) is 2.85. The number of likely N-dealkylation sites (tertiary alicyclic amines) is 1. The second-order valence-electron chi connectivity index (χ2n) is 8.08. The quantitative estimate of drug-likeness (QED) is 0.620. The molecule has 0 saturated carbocycles. The van der Waals surface area contributed by atoms with Crippen LogP contribution >= 0.6 is 11.8 Å². The van der Waals surface area contributed by atoms with Crippen molar-refractivity contribution in [2.24, 2.45) is 5.92 Å². The Bertz CT molecular complexity index is 1150. The van der Waals surface area contributed by atoms with Gasteiger partial charge in [0, 0.05) is 42.3 Å². The minimum absolute atomic E-state index is 0.00279. The zero-order valence-corrected chi connectivity index (χ0v) is 20.0. The number of benzene rings is 2. The SMILES string of the molecule is COc1ccccc1CNS(=O)(=O)c1ccc2c(c1)NC(=O)C(CC(=O)N1CCCC1)CS2. The number of methoxy groups -OCH3 is 1. The highest BCUT2D eigenvalue weighted by Gasteiger charge is 2.30. The molecule has 2 heterocycles. The lowest BCUT2D eigenvalue weighted by Crippen LogP contribution is -2.33. The van der Waals surface area contributed by atoms with Crippen molar-refractivity contribution in [1.29, 1.82) is 0 Å². The number of sulfonamides is 1. The van der Waals surface area contributed by atoms with Crippen molar-refractivity contribution in [2.75, 3.05) is 31.3 Å². The van der Waals surface area contributed by atoms with Gasteiger partial charge in [0.05, 0.1) is 23.6 Å². The average molecular weight is 490 g/mol. The van der Waals surface area contributed by atoms with Gasteiger partial charge in [-0.2, -0.15) is 0 Å². The number of rotatable bonds is 7. The van der Waals surface area contributed by atoms with Gasteiger partial charge in [0.1, 0.15) is 5.75 Å². The van der Waals surface area contributed by atoms with Crippen LogP contribution in [0.1, 0.15) is 24.8 Å². The molecular formula is C23H27N3O5S2. The van der Waals surface area contributed by atoms with Gasteiger partial charge in [-0.1, -0.05) is 18.2 Å². The number of hydrogen-bond donors (Lipinski definition) is 2. The summed E-state index contributed by atoms with van der Waals surface area (Å²) >= 11 is 1.45. The molecule has 0 bridgehead atoms. The predicted molar refractivity (Wildman–Crippen MR) is 127 cm³/mol. The summed E-state index contributed by atoms with van der Waals surface area (Å²) < 4.78 is 33.6. The van der Waals surface area contributed by atoms with Crippen LogP contribution in [0.3, 0.4) is 0 Å². The van der Waals surface area contributed by atoms with Crippen molar-refractivity contribution in [1.82, 2.24) is 9.62 Å². The number of ether oxygens (including phenoxy) is 1. The number of anilines is 1. The highest BCUT2D eigenvalue weighted by Crippen LogP contribution is 2.35. The fourth-order valence-electron chi connectivity index (χ4n) is 3.96. The zero-order chi connectivity index (χ0) is 23.4. The molecule has 1 saturated heterocycles. The van der Waals surface area contributed by atoms with Crippen molar-refractivity contribution in [3.8, 4) is 5.75 Å². The molecule has 0 aliphatic carbocycles. The molecule has 8 nitrogen and oxygen atoms in total. The Hall–Kier alpha value is -2.56. The largest absolute Gasteiger partial charge is 0.496 e. The molecule has 1 unspecified atom stereocenters. The van der Waals surface area contributed by atoms with E-state index in [-0.39, 0.29) is 29.7 Å². The van der Waals surface area contributed by atoms with E-state index >= 15 is 0 Å². The second kappa shape index (κ2) is 10.1. The molecule has 1 fully saturated rings. The molecule has 2 aromatic carbocycles. The summed E-state index contributed by atoms with van der Waals surface area (Å²) in [5.74, 6) is 0.351. The maximum Gasteiger partial charge on any atom is 0.240 e. The molecule has 33 heavy (non-hydrogen) atoms. The number of hydrogen-bond acceptors (Lipinski definition) is 6. The minimum Gasteiger partial charge on any atom is -0.496 e. The molecule has 2 amide bonds. The molecule has 2 aliphatic heterocycles. The van der Waals surface area contributed by atoms with Crippen LogP contribution in [0.5, 0.6) is 5.75 Å². The third kappa shape index (κ3) is 5.51. The van der Waals surface area contributed by atoms with Gasteiger partial charge >= 0.3 is 0 Å². The van der Waals surface area contributed by atoms with Gasteiger partial charge in [-0.3, -0.25) is 9.59 Å². The first-order valence-corrected chi connectivity index (χ1v) is 13.3. The molecule has 2 aromatic rings. The lowest BCUT2D eigenvalue weighted by atomic mass is 10.1. The number of carbonyl (C=O) groups is 2. The molecule has 2 aliphatic rings. The molecular weight excluding hydrogens is 462 g/mol. The summed E-state index contributed by atoms with van der Waals surface area (Å²) in [6.45, 7) is 1.58. The summed E-state index contributed by atoms with van der Waals surface area (Å²) in [7, 11) is -2.28. The maximum atomic E-state index is 12.9. The van der Waals surface area contributed by atoms with Crippen LogP contribution in [0.4, 0.5) is 5.69 Å². The van der Waals surface area contributed by atoms with Crippen molar-refractivity contribution in [2.45, 2.75) is 35.6 Å². The van der Waals surface area contributed by atoms with Crippen LogP contribution < -0.4 is 14.8 Å².